The standard InChI is InChI=1S/C24H26N10.Pt/c1-23(2,3)21-25-15-33(29-21)19-11-13-31(27-19)17-9-7-8-10-18(17)32-14-12-20(28-32)34-16-26-22(30-34)24(4,5)6;/h7-14H,1-6H3;/q-2;+2. The van der Waals surface area contributed by atoms with Crippen LogP contribution in [0.2, 0.25) is 0 Å². The van der Waals surface area contributed by atoms with E-state index in [2.05, 4.69) is 74.4 Å². The molecule has 0 unspecified atom stereocenters. The largest absolute Gasteiger partial charge is 2.00 e. The summed E-state index contributed by atoms with van der Waals surface area (Å²) in [4.78, 5) is 8.61. The molecule has 4 heterocycles. The zero-order valence-corrected chi connectivity index (χ0v) is 22.7. The predicted molar refractivity (Wildman–Crippen MR) is 126 cm³/mol. The van der Waals surface area contributed by atoms with Crippen molar-refractivity contribution < 1.29 is 21.1 Å². The van der Waals surface area contributed by atoms with E-state index in [4.69, 9.17) is 10.2 Å². The second-order valence-corrected chi connectivity index (χ2v) is 10.1. The van der Waals surface area contributed by atoms with E-state index in [-0.39, 0.29) is 31.9 Å². The Morgan fingerprint density at radius 3 is 1.34 bits per heavy atom. The van der Waals surface area contributed by atoms with Gasteiger partial charge in [0.15, 0.2) is 0 Å². The summed E-state index contributed by atoms with van der Waals surface area (Å²) in [5, 5.41) is 18.5. The molecule has 0 atom stereocenters. The van der Waals surface area contributed by atoms with E-state index in [9.17, 15) is 0 Å². The Morgan fingerprint density at radius 1 is 0.600 bits per heavy atom. The minimum absolute atomic E-state index is 0. The molecule has 0 aliphatic heterocycles. The van der Waals surface area contributed by atoms with Gasteiger partial charge in [-0.1, -0.05) is 65.8 Å². The Labute approximate surface area is 218 Å². The van der Waals surface area contributed by atoms with Gasteiger partial charge in [-0.15, -0.1) is 0 Å². The average Bonchev–Trinajstić information content (AvgIpc) is 3.58. The van der Waals surface area contributed by atoms with Gasteiger partial charge in [-0.05, 0) is 23.0 Å². The van der Waals surface area contributed by atoms with Crippen LogP contribution < -0.4 is 0 Å². The van der Waals surface area contributed by atoms with E-state index in [1.807, 2.05) is 48.8 Å². The molecule has 0 fully saturated rings. The summed E-state index contributed by atoms with van der Waals surface area (Å²) in [6.45, 7) is 12.4. The van der Waals surface area contributed by atoms with E-state index >= 15 is 0 Å². The van der Waals surface area contributed by atoms with Crippen molar-refractivity contribution in [2.24, 2.45) is 0 Å². The average molecular weight is 650 g/mol. The first-order chi connectivity index (χ1) is 16.1. The smallest absolute Gasteiger partial charge is 0.349 e. The van der Waals surface area contributed by atoms with Gasteiger partial charge in [0.2, 0.25) is 0 Å². The summed E-state index contributed by atoms with van der Waals surface area (Å²) in [5.74, 6) is 2.69. The van der Waals surface area contributed by atoms with Crippen LogP contribution in [-0.2, 0) is 31.9 Å². The van der Waals surface area contributed by atoms with Crippen LogP contribution in [0.15, 0.2) is 48.8 Å². The van der Waals surface area contributed by atoms with Crippen LogP contribution in [0.5, 0.6) is 0 Å². The fourth-order valence-corrected chi connectivity index (χ4v) is 3.28. The van der Waals surface area contributed by atoms with E-state index in [0.717, 1.165) is 11.4 Å². The third-order valence-electron chi connectivity index (χ3n) is 5.19. The number of nitrogens with zero attached hydrogens (tertiary/aromatic N) is 10. The molecule has 0 spiro atoms. The number of benzene rings is 1. The molecular weight excluding hydrogens is 623 g/mol. The van der Waals surface area contributed by atoms with Gasteiger partial charge in [0, 0.05) is 25.0 Å². The molecule has 35 heavy (non-hydrogen) atoms. The third-order valence-corrected chi connectivity index (χ3v) is 5.19. The zero-order chi connectivity index (χ0) is 24.1. The van der Waals surface area contributed by atoms with E-state index in [1.165, 1.54) is 0 Å². The molecule has 4 aromatic heterocycles. The van der Waals surface area contributed by atoms with Crippen LogP contribution >= 0.6 is 0 Å². The van der Waals surface area contributed by atoms with Gasteiger partial charge in [-0.2, -0.15) is 0 Å². The monoisotopic (exact) mass is 649 g/mol. The maximum absolute atomic E-state index is 4.70. The fraction of sp³-hybridized carbons (Fsp3) is 0.333. The molecule has 0 radical (unpaired) electrons. The summed E-state index contributed by atoms with van der Waals surface area (Å²) >= 11 is 0. The first-order valence-corrected chi connectivity index (χ1v) is 11.0. The maximum Gasteiger partial charge on any atom is 2.00 e. The van der Waals surface area contributed by atoms with E-state index in [0.29, 0.717) is 23.3 Å². The van der Waals surface area contributed by atoms with Crippen molar-refractivity contribution in [2.45, 2.75) is 52.4 Å². The molecular formula is C24H26N10Pt. The van der Waals surface area contributed by atoms with Crippen LogP contribution in [0.3, 0.4) is 0 Å². The Kier molecular flexibility index (Phi) is 6.36. The molecule has 5 rings (SSSR count). The second kappa shape index (κ2) is 9.00. The Morgan fingerprint density at radius 2 is 1.00 bits per heavy atom. The first kappa shape index (κ1) is 24.7. The molecule has 11 heteroatoms. The molecule has 0 N–H and O–H groups in total. The van der Waals surface area contributed by atoms with Crippen LogP contribution in [0.4, 0.5) is 0 Å². The van der Waals surface area contributed by atoms with E-state index < -0.39 is 0 Å². The fourth-order valence-electron chi connectivity index (χ4n) is 3.28. The minimum Gasteiger partial charge on any atom is -0.349 e. The van der Waals surface area contributed by atoms with Crippen molar-refractivity contribution in [3.05, 3.63) is 73.1 Å². The molecule has 1 aromatic carbocycles. The molecule has 0 saturated heterocycles. The SMILES string of the molecule is CC(C)(C)c1n[c-]n(-c2ccn(-c3ccccc3-n3ccc(-n4[c-]nc(C(C)(C)C)n4)n3)n2)n1.[Pt+2]. The molecule has 0 bridgehead atoms. The quantitative estimate of drug-likeness (QED) is 0.277. The van der Waals surface area contributed by atoms with Gasteiger partial charge in [0.25, 0.3) is 0 Å². The second-order valence-electron chi connectivity index (χ2n) is 10.1. The van der Waals surface area contributed by atoms with Crippen molar-refractivity contribution in [3.63, 3.8) is 0 Å². The van der Waals surface area contributed by atoms with Crippen molar-refractivity contribution >= 4 is 0 Å². The zero-order valence-electron chi connectivity index (χ0n) is 20.4. The first-order valence-electron chi connectivity index (χ1n) is 11.0. The van der Waals surface area contributed by atoms with Gasteiger partial charge in [-0.3, -0.25) is 0 Å². The van der Waals surface area contributed by atoms with Crippen LogP contribution in [0, 0.1) is 12.7 Å². The number of aromatic nitrogens is 10. The summed E-state index contributed by atoms with van der Waals surface area (Å²) in [7, 11) is 0. The Balaban J connectivity index is 0.00000289. The topological polar surface area (TPSA) is 97.1 Å². The number of rotatable bonds is 4. The van der Waals surface area contributed by atoms with E-state index in [1.54, 1.807) is 18.7 Å². The van der Waals surface area contributed by atoms with Gasteiger partial charge in [0.1, 0.15) is 0 Å². The summed E-state index contributed by atoms with van der Waals surface area (Å²) in [6.07, 6.45) is 9.59. The normalized spacial score (nSPS) is 12.1. The minimum atomic E-state index is -0.163. The Hall–Kier alpha value is -3.39. The number of hydrogen-bond donors (Lipinski definition) is 0. The van der Waals surface area contributed by atoms with Crippen molar-refractivity contribution in [3.8, 4) is 23.0 Å². The van der Waals surface area contributed by atoms with Crippen LogP contribution in [0.25, 0.3) is 23.0 Å². The molecule has 0 aliphatic rings. The van der Waals surface area contributed by atoms with Crippen LogP contribution in [-0.4, -0.2) is 49.1 Å². The number of para-hydroxylation sites is 2. The third kappa shape index (κ3) is 4.89. The van der Waals surface area contributed by atoms with Crippen molar-refractivity contribution in [2.75, 3.05) is 0 Å². The summed E-state index contributed by atoms with van der Waals surface area (Å²) in [5.41, 5.74) is 1.39. The number of hydrogen-bond acceptors (Lipinski definition) is 6. The summed E-state index contributed by atoms with van der Waals surface area (Å²) in [6, 6.07) is 11.6. The molecule has 0 saturated carbocycles. The molecule has 182 valence electrons. The van der Waals surface area contributed by atoms with Crippen molar-refractivity contribution in [1.29, 1.82) is 0 Å². The molecule has 0 aliphatic carbocycles. The predicted octanol–water partition coefficient (Wildman–Crippen LogP) is 3.41. The molecule has 0 amide bonds. The Bertz CT molecular complexity index is 1330. The summed E-state index contributed by atoms with van der Waals surface area (Å²) < 4.78 is 6.72. The molecule has 10 nitrogen and oxygen atoms in total. The molecule has 5 aromatic rings. The van der Waals surface area contributed by atoms with Gasteiger partial charge >= 0.3 is 21.1 Å². The van der Waals surface area contributed by atoms with Gasteiger partial charge in [-0.25, -0.2) is 29.8 Å². The van der Waals surface area contributed by atoms with Crippen LogP contribution in [0.1, 0.15) is 53.2 Å². The van der Waals surface area contributed by atoms with Gasteiger partial charge in [0.05, 0.1) is 34.7 Å². The van der Waals surface area contributed by atoms with Crippen molar-refractivity contribution in [1.82, 2.24) is 49.1 Å². The maximum atomic E-state index is 4.70. The van der Waals surface area contributed by atoms with Gasteiger partial charge < -0.3 is 19.3 Å².